The van der Waals surface area contributed by atoms with Crippen molar-refractivity contribution in [2.24, 2.45) is 11.1 Å². The minimum absolute atomic E-state index is 0.187. The van der Waals surface area contributed by atoms with Crippen molar-refractivity contribution in [3.8, 4) is 0 Å². The SMILES string of the molecule is CCC(N)C(N(C)C(C)COC)C(C)(C)C. The van der Waals surface area contributed by atoms with E-state index in [0.29, 0.717) is 12.1 Å². The van der Waals surface area contributed by atoms with E-state index in [1.54, 1.807) is 7.11 Å². The lowest BCUT2D eigenvalue weighted by Gasteiger charge is -2.44. The fourth-order valence-electron chi connectivity index (χ4n) is 2.41. The van der Waals surface area contributed by atoms with Gasteiger partial charge in [-0.3, -0.25) is 4.90 Å². The Bertz CT molecular complexity index is 189. The van der Waals surface area contributed by atoms with Gasteiger partial charge in [0, 0.05) is 25.2 Å². The van der Waals surface area contributed by atoms with Crippen molar-refractivity contribution >= 4 is 0 Å². The topological polar surface area (TPSA) is 38.5 Å². The highest BCUT2D eigenvalue weighted by atomic mass is 16.5. The molecule has 3 nitrogen and oxygen atoms in total. The Morgan fingerprint density at radius 2 is 1.81 bits per heavy atom. The molecular formula is C13H30N2O. The predicted molar refractivity (Wildman–Crippen MR) is 70.6 cm³/mol. The van der Waals surface area contributed by atoms with Gasteiger partial charge >= 0.3 is 0 Å². The van der Waals surface area contributed by atoms with Crippen LogP contribution in [0.5, 0.6) is 0 Å². The van der Waals surface area contributed by atoms with E-state index < -0.39 is 0 Å². The van der Waals surface area contributed by atoms with Crippen LogP contribution in [-0.4, -0.2) is 43.8 Å². The molecule has 0 amide bonds. The van der Waals surface area contributed by atoms with Crippen LogP contribution in [0.1, 0.15) is 41.0 Å². The first-order valence-corrected chi connectivity index (χ1v) is 6.22. The van der Waals surface area contributed by atoms with Crippen molar-refractivity contribution in [1.29, 1.82) is 0 Å². The second-order valence-corrected chi connectivity index (χ2v) is 5.85. The minimum Gasteiger partial charge on any atom is -0.383 e. The molecule has 0 aromatic rings. The Kier molecular flexibility index (Phi) is 6.53. The molecule has 0 bridgehead atoms. The van der Waals surface area contributed by atoms with Crippen molar-refractivity contribution in [3.05, 3.63) is 0 Å². The largest absolute Gasteiger partial charge is 0.383 e. The van der Waals surface area contributed by atoms with Crippen molar-refractivity contribution in [3.63, 3.8) is 0 Å². The first kappa shape index (κ1) is 15.9. The Morgan fingerprint density at radius 1 is 1.31 bits per heavy atom. The molecular weight excluding hydrogens is 200 g/mol. The van der Waals surface area contributed by atoms with Gasteiger partial charge in [-0.05, 0) is 25.8 Å². The molecule has 3 heteroatoms. The maximum atomic E-state index is 6.26. The normalized spacial score (nSPS) is 18.6. The standard InChI is InChI=1S/C13H30N2O/c1-8-11(14)12(13(3,4)5)15(6)10(2)9-16-7/h10-12H,8-9,14H2,1-7H3. The van der Waals surface area contributed by atoms with Crippen LogP contribution in [0.25, 0.3) is 0 Å². The van der Waals surface area contributed by atoms with Crippen LogP contribution in [0.15, 0.2) is 0 Å². The number of rotatable bonds is 6. The highest BCUT2D eigenvalue weighted by molar-refractivity contribution is 4.91. The van der Waals surface area contributed by atoms with E-state index in [2.05, 4.69) is 46.6 Å². The summed E-state index contributed by atoms with van der Waals surface area (Å²) in [7, 11) is 3.89. The number of hydrogen-bond donors (Lipinski definition) is 1. The molecule has 0 aliphatic carbocycles. The molecule has 98 valence electrons. The quantitative estimate of drug-likeness (QED) is 0.759. The molecule has 3 unspecified atom stereocenters. The molecule has 3 atom stereocenters. The van der Waals surface area contributed by atoms with E-state index in [4.69, 9.17) is 10.5 Å². The van der Waals surface area contributed by atoms with Gasteiger partial charge in [0.2, 0.25) is 0 Å². The Balaban J connectivity index is 4.76. The molecule has 16 heavy (non-hydrogen) atoms. The number of nitrogens with zero attached hydrogens (tertiary/aromatic N) is 1. The van der Waals surface area contributed by atoms with E-state index in [9.17, 15) is 0 Å². The third-order valence-electron chi connectivity index (χ3n) is 3.31. The zero-order valence-electron chi connectivity index (χ0n) is 12.1. The fraction of sp³-hybridized carbons (Fsp3) is 1.00. The van der Waals surface area contributed by atoms with Gasteiger partial charge in [0.1, 0.15) is 0 Å². The smallest absolute Gasteiger partial charge is 0.0615 e. The molecule has 0 aromatic heterocycles. The number of ether oxygens (including phenoxy) is 1. The number of hydrogen-bond acceptors (Lipinski definition) is 3. The minimum atomic E-state index is 0.187. The van der Waals surface area contributed by atoms with Gasteiger partial charge in [-0.25, -0.2) is 0 Å². The molecule has 0 aromatic carbocycles. The second kappa shape index (κ2) is 6.58. The predicted octanol–water partition coefficient (Wildman–Crippen LogP) is 2.11. The summed E-state index contributed by atoms with van der Waals surface area (Å²) >= 11 is 0. The van der Waals surface area contributed by atoms with Gasteiger partial charge in [-0.2, -0.15) is 0 Å². The molecule has 0 rings (SSSR count). The van der Waals surface area contributed by atoms with Crippen LogP contribution in [0.4, 0.5) is 0 Å². The second-order valence-electron chi connectivity index (χ2n) is 5.85. The molecule has 0 radical (unpaired) electrons. The summed E-state index contributed by atoms with van der Waals surface area (Å²) in [4.78, 5) is 2.36. The summed E-state index contributed by atoms with van der Waals surface area (Å²) in [5.41, 5.74) is 6.44. The summed E-state index contributed by atoms with van der Waals surface area (Å²) in [5, 5.41) is 0. The van der Waals surface area contributed by atoms with Crippen LogP contribution < -0.4 is 5.73 Å². The van der Waals surface area contributed by atoms with Crippen molar-refractivity contribution in [1.82, 2.24) is 4.90 Å². The number of likely N-dealkylation sites (N-methyl/N-ethyl adjacent to an activating group) is 1. The van der Waals surface area contributed by atoms with E-state index in [0.717, 1.165) is 13.0 Å². The number of nitrogens with two attached hydrogens (primary N) is 1. The highest BCUT2D eigenvalue weighted by Crippen LogP contribution is 2.28. The maximum absolute atomic E-state index is 6.26. The van der Waals surface area contributed by atoms with Gasteiger partial charge in [0.15, 0.2) is 0 Å². The third-order valence-corrected chi connectivity index (χ3v) is 3.31. The van der Waals surface area contributed by atoms with Crippen LogP contribution in [-0.2, 0) is 4.74 Å². The fourth-order valence-corrected chi connectivity index (χ4v) is 2.41. The van der Waals surface area contributed by atoms with Gasteiger partial charge < -0.3 is 10.5 Å². The van der Waals surface area contributed by atoms with E-state index in [1.165, 1.54) is 0 Å². The molecule has 0 fully saturated rings. The average Bonchev–Trinajstić information content (AvgIpc) is 2.15. The van der Waals surface area contributed by atoms with Crippen LogP contribution >= 0.6 is 0 Å². The first-order chi connectivity index (χ1) is 7.25. The summed E-state index contributed by atoms with van der Waals surface area (Å²) in [5.74, 6) is 0. The lowest BCUT2D eigenvalue weighted by atomic mass is 9.80. The summed E-state index contributed by atoms with van der Waals surface area (Å²) < 4.78 is 5.22. The van der Waals surface area contributed by atoms with Gasteiger partial charge in [0.05, 0.1) is 6.61 Å². The molecule has 0 saturated carbocycles. The average molecular weight is 230 g/mol. The van der Waals surface area contributed by atoms with Crippen molar-refractivity contribution in [2.75, 3.05) is 20.8 Å². The lowest BCUT2D eigenvalue weighted by Crippen LogP contribution is -2.56. The molecule has 2 N–H and O–H groups in total. The zero-order valence-corrected chi connectivity index (χ0v) is 12.1. The maximum Gasteiger partial charge on any atom is 0.0615 e. The Labute approximate surface area is 101 Å². The highest BCUT2D eigenvalue weighted by Gasteiger charge is 2.34. The van der Waals surface area contributed by atoms with Gasteiger partial charge in [0.25, 0.3) is 0 Å². The van der Waals surface area contributed by atoms with Crippen molar-refractivity contribution in [2.45, 2.75) is 59.2 Å². The third kappa shape index (κ3) is 4.40. The lowest BCUT2D eigenvalue weighted by molar-refractivity contribution is 0.0330. The van der Waals surface area contributed by atoms with Gasteiger partial charge in [-0.15, -0.1) is 0 Å². The van der Waals surface area contributed by atoms with E-state index in [-0.39, 0.29) is 11.5 Å². The van der Waals surface area contributed by atoms with Crippen LogP contribution in [0.2, 0.25) is 0 Å². The monoisotopic (exact) mass is 230 g/mol. The molecule has 0 aliphatic rings. The van der Waals surface area contributed by atoms with Gasteiger partial charge in [-0.1, -0.05) is 27.7 Å². The number of methoxy groups -OCH3 is 1. The summed E-state index contributed by atoms with van der Waals surface area (Å²) in [6.07, 6.45) is 1.01. The zero-order chi connectivity index (χ0) is 12.9. The van der Waals surface area contributed by atoms with E-state index >= 15 is 0 Å². The first-order valence-electron chi connectivity index (χ1n) is 6.22. The van der Waals surface area contributed by atoms with Crippen LogP contribution in [0.3, 0.4) is 0 Å². The Morgan fingerprint density at radius 3 is 2.12 bits per heavy atom. The summed E-state index contributed by atoms with van der Waals surface area (Å²) in [6.45, 7) is 11.8. The van der Waals surface area contributed by atoms with Crippen molar-refractivity contribution < 1.29 is 4.74 Å². The molecule has 0 aliphatic heterocycles. The van der Waals surface area contributed by atoms with Crippen LogP contribution in [0, 0.1) is 5.41 Å². The van der Waals surface area contributed by atoms with E-state index in [1.807, 2.05) is 0 Å². The molecule has 0 saturated heterocycles. The Hall–Kier alpha value is -0.120. The summed E-state index contributed by atoms with van der Waals surface area (Å²) in [6, 6.07) is 0.985. The molecule has 0 heterocycles. The molecule has 0 spiro atoms.